The molecule has 0 bridgehead atoms. The second-order valence-electron chi connectivity index (χ2n) is 5.08. The number of amides is 1. The molecule has 2 rings (SSSR count). The Morgan fingerprint density at radius 2 is 1.92 bits per heavy atom. The van der Waals surface area contributed by atoms with Crippen LogP contribution in [-0.2, 0) is 16.4 Å². The molecular formula is C14H13Cl2N3O4S. The first kappa shape index (κ1) is 18.3. The third-order valence-electron chi connectivity index (χ3n) is 3.29. The highest BCUT2D eigenvalue weighted by Gasteiger charge is 2.19. The molecule has 128 valence electrons. The number of carbonyl (C=O) groups is 1. The van der Waals surface area contributed by atoms with E-state index in [0.717, 1.165) is 6.26 Å². The quantitative estimate of drug-likeness (QED) is 0.814. The third-order valence-corrected chi connectivity index (χ3v) is 4.99. The number of rotatable bonds is 4. The summed E-state index contributed by atoms with van der Waals surface area (Å²) in [7, 11) is -3.53. The molecule has 0 spiro atoms. The molecule has 4 N–H and O–H groups in total. The largest absolute Gasteiger partial charge is 0.384 e. The van der Waals surface area contributed by atoms with E-state index in [1.54, 1.807) is 0 Å². The topological polar surface area (TPSA) is 125 Å². The van der Waals surface area contributed by atoms with E-state index in [1.165, 1.54) is 29.0 Å². The molecule has 0 fully saturated rings. The Balaban J connectivity index is 2.68. The van der Waals surface area contributed by atoms with Crippen molar-refractivity contribution >= 4 is 44.8 Å². The standard InChI is InChI=1S/C14H13Cl2N3O4S/c1-24(22,23)10-3-2-8(15)4-7(10)5-19-6-9(16)12(20)11(13(19)17)14(18)21/h2-4,6H,5,17H2,1H3,(H2,18,21). The molecule has 0 saturated carbocycles. The zero-order chi connectivity index (χ0) is 18.2. The van der Waals surface area contributed by atoms with Crippen LogP contribution in [0.4, 0.5) is 5.82 Å². The van der Waals surface area contributed by atoms with Gasteiger partial charge >= 0.3 is 0 Å². The molecular weight excluding hydrogens is 377 g/mol. The van der Waals surface area contributed by atoms with Crippen molar-refractivity contribution in [2.45, 2.75) is 11.4 Å². The van der Waals surface area contributed by atoms with Gasteiger partial charge in [0.15, 0.2) is 9.84 Å². The predicted octanol–water partition coefficient (Wildman–Crippen LogP) is 1.29. The third kappa shape index (κ3) is 3.55. The average molecular weight is 390 g/mol. The van der Waals surface area contributed by atoms with Crippen molar-refractivity contribution in [3.63, 3.8) is 0 Å². The van der Waals surface area contributed by atoms with E-state index in [2.05, 4.69) is 0 Å². The highest BCUT2D eigenvalue weighted by atomic mass is 35.5. The van der Waals surface area contributed by atoms with Gasteiger partial charge in [-0.25, -0.2) is 8.42 Å². The number of hydrogen-bond donors (Lipinski definition) is 2. The summed E-state index contributed by atoms with van der Waals surface area (Å²) in [5.41, 5.74) is 10.1. The van der Waals surface area contributed by atoms with Gasteiger partial charge in [-0.2, -0.15) is 0 Å². The molecule has 1 aromatic carbocycles. The molecule has 0 aliphatic rings. The Morgan fingerprint density at radius 1 is 1.29 bits per heavy atom. The van der Waals surface area contributed by atoms with Gasteiger partial charge in [-0.15, -0.1) is 0 Å². The minimum atomic E-state index is -3.53. The van der Waals surface area contributed by atoms with Crippen LogP contribution in [0.3, 0.4) is 0 Å². The lowest BCUT2D eigenvalue weighted by Gasteiger charge is -2.15. The molecule has 0 aliphatic carbocycles. The number of halogens is 2. The van der Waals surface area contributed by atoms with Gasteiger partial charge < -0.3 is 16.0 Å². The molecule has 1 heterocycles. The summed E-state index contributed by atoms with van der Waals surface area (Å²) < 4.78 is 25.1. The number of nitrogen functional groups attached to an aromatic ring is 1. The first-order chi connectivity index (χ1) is 11.0. The lowest BCUT2D eigenvalue weighted by Crippen LogP contribution is -2.27. The maximum absolute atomic E-state index is 11.9. The number of pyridine rings is 1. The van der Waals surface area contributed by atoms with E-state index in [0.29, 0.717) is 10.6 Å². The van der Waals surface area contributed by atoms with Crippen molar-refractivity contribution < 1.29 is 13.2 Å². The fourth-order valence-corrected chi connectivity index (χ4v) is 3.55. The fourth-order valence-electron chi connectivity index (χ4n) is 2.23. The molecule has 0 radical (unpaired) electrons. The minimum absolute atomic E-state index is 0.0433. The first-order valence-electron chi connectivity index (χ1n) is 6.49. The SMILES string of the molecule is CS(=O)(=O)c1ccc(Cl)cc1Cn1cc(Cl)c(=O)c(C(N)=O)c1N. The van der Waals surface area contributed by atoms with Crippen LogP contribution in [0, 0.1) is 0 Å². The summed E-state index contributed by atoms with van der Waals surface area (Å²) in [6, 6.07) is 4.26. The highest BCUT2D eigenvalue weighted by Crippen LogP contribution is 2.23. The fraction of sp³-hybridized carbons (Fsp3) is 0.143. The van der Waals surface area contributed by atoms with Gasteiger partial charge in [-0.3, -0.25) is 9.59 Å². The number of anilines is 1. The molecule has 24 heavy (non-hydrogen) atoms. The van der Waals surface area contributed by atoms with E-state index in [4.69, 9.17) is 34.7 Å². The Kier molecular flexibility index (Phi) is 4.93. The first-order valence-corrected chi connectivity index (χ1v) is 9.13. The molecule has 1 aromatic heterocycles. The van der Waals surface area contributed by atoms with Crippen LogP contribution in [0.25, 0.3) is 0 Å². The number of nitrogens with zero attached hydrogens (tertiary/aromatic N) is 1. The van der Waals surface area contributed by atoms with Crippen LogP contribution in [0.2, 0.25) is 10.0 Å². The number of nitrogens with two attached hydrogens (primary N) is 2. The second kappa shape index (κ2) is 6.46. The van der Waals surface area contributed by atoms with Crippen LogP contribution >= 0.6 is 23.2 Å². The molecule has 0 atom stereocenters. The maximum Gasteiger partial charge on any atom is 0.256 e. The van der Waals surface area contributed by atoms with Crippen LogP contribution < -0.4 is 16.9 Å². The van der Waals surface area contributed by atoms with Crippen molar-refractivity contribution in [1.29, 1.82) is 0 Å². The van der Waals surface area contributed by atoms with Gasteiger partial charge in [0.1, 0.15) is 16.4 Å². The summed E-state index contributed by atoms with van der Waals surface area (Å²) in [4.78, 5) is 23.3. The van der Waals surface area contributed by atoms with Crippen LogP contribution in [-0.4, -0.2) is 25.1 Å². The molecule has 10 heteroatoms. The van der Waals surface area contributed by atoms with E-state index in [1.807, 2.05) is 0 Å². The van der Waals surface area contributed by atoms with Crippen molar-refractivity contribution in [2.24, 2.45) is 5.73 Å². The van der Waals surface area contributed by atoms with Crippen LogP contribution in [0.15, 0.2) is 34.1 Å². The van der Waals surface area contributed by atoms with E-state index in [9.17, 15) is 18.0 Å². The highest BCUT2D eigenvalue weighted by molar-refractivity contribution is 7.90. The van der Waals surface area contributed by atoms with Gasteiger partial charge in [0, 0.05) is 17.5 Å². The number of aromatic nitrogens is 1. The van der Waals surface area contributed by atoms with Gasteiger partial charge in [0.2, 0.25) is 5.43 Å². The van der Waals surface area contributed by atoms with E-state index >= 15 is 0 Å². The Labute approximate surface area is 147 Å². The van der Waals surface area contributed by atoms with E-state index in [-0.39, 0.29) is 22.3 Å². The molecule has 2 aromatic rings. The molecule has 7 nitrogen and oxygen atoms in total. The Hall–Kier alpha value is -2.03. The molecule has 0 saturated heterocycles. The summed E-state index contributed by atoms with van der Waals surface area (Å²) in [5.74, 6) is -1.24. The smallest absolute Gasteiger partial charge is 0.256 e. The number of sulfone groups is 1. The van der Waals surface area contributed by atoms with Gasteiger partial charge in [0.25, 0.3) is 5.91 Å². The minimum Gasteiger partial charge on any atom is -0.384 e. The number of carbonyl (C=O) groups excluding carboxylic acids is 1. The summed E-state index contributed by atoms with van der Waals surface area (Å²) >= 11 is 11.7. The normalized spacial score (nSPS) is 11.5. The summed E-state index contributed by atoms with van der Waals surface area (Å²) in [6.45, 7) is -0.0743. The lowest BCUT2D eigenvalue weighted by molar-refractivity contribution is 0.0999. The van der Waals surface area contributed by atoms with Crippen LogP contribution in [0.1, 0.15) is 15.9 Å². The molecule has 0 unspecified atom stereocenters. The summed E-state index contributed by atoms with van der Waals surface area (Å²) in [5, 5.41) is 0.0548. The predicted molar refractivity (Wildman–Crippen MR) is 92.3 cm³/mol. The van der Waals surface area contributed by atoms with Crippen LogP contribution in [0.5, 0.6) is 0 Å². The Bertz CT molecular complexity index is 1000. The molecule has 0 aliphatic heterocycles. The van der Waals surface area contributed by atoms with Crippen molar-refractivity contribution in [3.05, 3.63) is 55.8 Å². The van der Waals surface area contributed by atoms with Crippen molar-refractivity contribution in [3.8, 4) is 0 Å². The average Bonchev–Trinajstić information content (AvgIpc) is 2.43. The van der Waals surface area contributed by atoms with Gasteiger partial charge in [-0.1, -0.05) is 23.2 Å². The Morgan fingerprint density at radius 3 is 2.46 bits per heavy atom. The van der Waals surface area contributed by atoms with E-state index < -0.39 is 26.7 Å². The number of hydrogen-bond acceptors (Lipinski definition) is 5. The lowest BCUT2D eigenvalue weighted by atomic mass is 10.2. The van der Waals surface area contributed by atoms with Gasteiger partial charge in [0.05, 0.1) is 11.4 Å². The zero-order valence-corrected chi connectivity index (χ0v) is 14.7. The number of primary amides is 1. The summed E-state index contributed by atoms with van der Waals surface area (Å²) in [6.07, 6.45) is 2.26. The number of benzene rings is 1. The second-order valence-corrected chi connectivity index (χ2v) is 7.91. The van der Waals surface area contributed by atoms with Crippen molar-refractivity contribution in [2.75, 3.05) is 12.0 Å². The maximum atomic E-state index is 11.9. The van der Waals surface area contributed by atoms with Gasteiger partial charge in [-0.05, 0) is 23.8 Å². The monoisotopic (exact) mass is 389 g/mol. The van der Waals surface area contributed by atoms with Crippen molar-refractivity contribution in [1.82, 2.24) is 4.57 Å². The zero-order valence-electron chi connectivity index (χ0n) is 12.4. The molecule has 1 amide bonds.